The predicted molar refractivity (Wildman–Crippen MR) is 125 cm³/mol. The fraction of sp³-hybridized carbons (Fsp3) is 0.250. The molecule has 2 atom stereocenters. The SMILES string of the molecule is CCOC(Cc1ccc2c(c1)C=C[C@@H](Cc1ccc(OCc3ccccc3)cc1)O2)C(=O)[O-].[Na+]. The van der Waals surface area contributed by atoms with Crippen LogP contribution < -0.4 is 44.1 Å². The van der Waals surface area contributed by atoms with Crippen molar-refractivity contribution in [2.45, 2.75) is 38.6 Å². The molecule has 0 aliphatic carbocycles. The zero-order chi connectivity index (χ0) is 23.0. The summed E-state index contributed by atoms with van der Waals surface area (Å²) >= 11 is 0. The molecule has 0 aromatic heterocycles. The maximum Gasteiger partial charge on any atom is 1.00 e. The summed E-state index contributed by atoms with van der Waals surface area (Å²) in [6.45, 7) is 2.64. The maximum absolute atomic E-state index is 11.2. The molecule has 170 valence electrons. The van der Waals surface area contributed by atoms with Crippen molar-refractivity contribution in [2.75, 3.05) is 6.61 Å². The van der Waals surface area contributed by atoms with Crippen molar-refractivity contribution in [1.29, 1.82) is 0 Å². The number of carboxylic acids is 1. The van der Waals surface area contributed by atoms with E-state index in [1.165, 1.54) is 0 Å². The van der Waals surface area contributed by atoms with Crippen molar-refractivity contribution < 1.29 is 53.7 Å². The Hall–Kier alpha value is -2.57. The summed E-state index contributed by atoms with van der Waals surface area (Å²) in [6, 6.07) is 23.9. The molecule has 0 amide bonds. The van der Waals surface area contributed by atoms with Crippen molar-refractivity contribution in [1.82, 2.24) is 0 Å². The number of carboxylic acid groups (broad SMARTS) is 1. The Morgan fingerprint density at radius 1 is 1.00 bits per heavy atom. The van der Waals surface area contributed by atoms with Gasteiger partial charge in [-0.2, -0.15) is 0 Å². The Balaban J connectivity index is 0.00000324. The Labute approximate surface area is 222 Å². The van der Waals surface area contributed by atoms with Crippen molar-refractivity contribution in [3.8, 4) is 11.5 Å². The van der Waals surface area contributed by atoms with E-state index in [2.05, 4.69) is 12.1 Å². The summed E-state index contributed by atoms with van der Waals surface area (Å²) in [6.07, 6.45) is 4.05. The van der Waals surface area contributed by atoms with Crippen molar-refractivity contribution in [2.24, 2.45) is 0 Å². The summed E-state index contributed by atoms with van der Waals surface area (Å²) in [5.74, 6) is 0.427. The Bertz CT molecular complexity index is 1100. The number of aliphatic carboxylic acids is 1. The van der Waals surface area contributed by atoms with E-state index in [0.29, 0.717) is 13.2 Å². The number of rotatable bonds is 10. The summed E-state index contributed by atoms with van der Waals surface area (Å²) in [4.78, 5) is 11.2. The van der Waals surface area contributed by atoms with Gasteiger partial charge in [0.2, 0.25) is 0 Å². The summed E-state index contributed by atoms with van der Waals surface area (Å²) < 4.78 is 17.3. The summed E-state index contributed by atoms with van der Waals surface area (Å²) in [5, 5.41) is 11.2. The monoisotopic (exact) mass is 466 g/mol. The van der Waals surface area contributed by atoms with Gasteiger partial charge in [0.15, 0.2) is 0 Å². The van der Waals surface area contributed by atoms with Gasteiger partial charge in [0.1, 0.15) is 30.3 Å². The zero-order valence-corrected chi connectivity index (χ0v) is 21.6. The normalized spacial score (nSPS) is 14.9. The van der Waals surface area contributed by atoms with Crippen LogP contribution >= 0.6 is 0 Å². The fourth-order valence-electron chi connectivity index (χ4n) is 3.81. The van der Waals surface area contributed by atoms with Crippen molar-refractivity contribution in [3.05, 3.63) is 101 Å². The second-order valence-electron chi connectivity index (χ2n) is 7.98. The van der Waals surface area contributed by atoms with Crippen LogP contribution in [0.15, 0.2) is 78.9 Å². The molecule has 0 fully saturated rings. The van der Waals surface area contributed by atoms with Crippen LogP contribution in [-0.2, 0) is 29.0 Å². The van der Waals surface area contributed by atoms with Gasteiger partial charge < -0.3 is 24.1 Å². The Morgan fingerprint density at radius 2 is 1.74 bits per heavy atom. The third-order valence-corrected chi connectivity index (χ3v) is 5.50. The molecule has 0 spiro atoms. The fourth-order valence-corrected chi connectivity index (χ4v) is 3.81. The molecular formula is C28H27NaO5. The quantitative estimate of drug-likeness (QED) is 0.417. The van der Waals surface area contributed by atoms with E-state index in [0.717, 1.165) is 40.2 Å². The van der Waals surface area contributed by atoms with Gasteiger partial charge in [0.25, 0.3) is 0 Å². The molecule has 0 saturated carbocycles. The van der Waals surface area contributed by atoms with Gasteiger partial charge in [-0.05, 0) is 54.0 Å². The second kappa shape index (κ2) is 12.8. The molecule has 6 heteroatoms. The number of benzene rings is 3. The van der Waals surface area contributed by atoms with Crippen LogP contribution in [0.4, 0.5) is 0 Å². The first-order valence-corrected chi connectivity index (χ1v) is 11.2. The molecule has 1 aliphatic heterocycles. The minimum atomic E-state index is -1.20. The average Bonchev–Trinajstić information content (AvgIpc) is 2.84. The van der Waals surface area contributed by atoms with E-state index < -0.39 is 12.1 Å². The first-order valence-electron chi connectivity index (χ1n) is 11.2. The van der Waals surface area contributed by atoms with E-state index in [-0.39, 0.29) is 42.1 Å². The van der Waals surface area contributed by atoms with Gasteiger partial charge in [-0.15, -0.1) is 0 Å². The van der Waals surface area contributed by atoms with Crippen LogP contribution in [0.3, 0.4) is 0 Å². The van der Waals surface area contributed by atoms with Crippen LogP contribution in [-0.4, -0.2) is 24.8 Å². The first-order chi connectivity index (χ1) is 16.1. The molecule has 0 saturated heterocycles. The minimum Gasteiger partial charge on any atom is -0.547 e. The van der Waals surface area contributed by atoms with Gasteiger partial charge in [-0.25, -0.2) is 0 Å². The van der Waals surface area contributed by atoms with Crippen LogP contribution in [0.5, 0.6) is 11.5 Å². The van der Waals surface area contributed by atoms with Gasteiger partial charge >= 0.3 is 29.6 Å². The molecule has 5 nitrogen and oxygen atoms in total. The van der Waals surface area contributed by atoms with Gasteiger partial charge in [0.05, 0.1) is 5.97 Å². The van der Waals surface area contributed by atoms with Gasteiger partial charge in [0, 0.05) is 25.0 Å². The Morgan fingerprint density at radius 3 is 2.44 bits per heavy atom. The number of hydrogen-bond acceptors (Lipinski definition) is 5. The smallest absolute Gasteiger partial charge is 0.547 e. The van der Waals surface area contributed by atoms with E-state index in [4.69, 9.17) is 14.2 Å². The van der Waals surface area contributed by atoms with Crippen LogP contribution in [0.1, 0.15) is 29.2 Å². The summed E-state index contributed by atoms with van der Waals surface area (Å²) in [5.41, 5.74) is 4.10. The molecule has 1 unspecified atom stereocenters. The number of ether oxygens (including phenoxy) is 3. The molecule has 4 rings (SSSR count). The molecule has 0 radical (unpaired) electrons. The largest absolute Gasteiger partial charge is 1.00 e. The van der Waals surface area contributed by atoms with E-state index in [9.17, 15) is 9.90 Å². The van der Waals surface area contributed by atoms with Gasteiger partial charge in [-0.1, -0.05) is 54.6 Å². The van der Waals surface area contributed by atoms with Crippen LogP contribution in [0.2, 0.25) is 0 Å². The molecule has 0 bridgehead atoms. The molecular weight excluding hydrogens is 439 g/mol. The third kappa shape index (κ3) is 7.21. The number of hydrogen-bond donors (Lipinski definition) is 0. The van der Waals surface area contributed by atoms with Crippen LogP contribution in [0.25, 0.3) is 6.08 Å². The van der Waals surface area contributed by atoms with Crippen molar-refractivity contribution >= 4 is 12.0 Å². The topological polar surface area (TPSA) is 67.8 Å². The predicted octanol–water partition coefficient (Wildman–Crippen LogP) is 0.984. The van der Waals surface area contributed by atoms with E-state index in [1.807, 2.05) is 72.8 Å². The van der Waals surface area contributed by atoms with Crippen LogP contribution in [0, 0.1) is 0 Å². The molecule has 34 heavy (non-hydrogen) atoms. The van der Waals surface area contributed by atoms with Crippen molar-refractivity contribution in [3.63, 3.8) is 0 Å². The van der Waals surface area contributed by atoms with E-state index in [1.54, 1.807) is 6.92 Å². The van der Waals surface area contributed by atoms with E-state index >= 15 is 0 Å². The molecule has 1 aliphatic rings. The summed E-state index contributed by atoms with van der Waals surface area (Å²) in [7, 11) is 0. The maximum atomic E-state index is 11.2. The average molecular weight is 467 g/mol. The molecule has 3 aromatic carbocycles. The zero-order valence-electron chi connectivity index (χ0n) is 19.6. The minimum absolute atomic E-state index is 0. The molecule has 0 N–H and O–H groups in total. The number of carbonyl (C=O) groups excluding carboxylic acids is 1. The van der Waals surface area contributed by atoms with Gasteiger partial charge in [-0.3, -0.25) is 0 Å². The second-order valence-corrected chi connectivity index (χ2v) is 7.98. The Kier molecular flexibility index (Phi) is 9.78. The molecule has 3 aromatic rings. The standard InChI is InChI=1S/C28H28O5.Na/c1-2-31-27(28(29)30)18-22-10-15-26-23(16-22)11-14-25(33-26)17-20-8-12-24(13-9-20)32-19-21-6-4-3-5-7-21;/h3-16,25,27H,2,17-19H2,1H3,(H,29,30);/q;+1/p-1/t25-,27?;/m0./s1. The third-order valence-electron chi connectivity index (χ3n) is 5.50. The number of fused-ring (bicyclic) bond motifs is 1. The number of carbonyl (C=O) groups is 1. The molecule has 1 heterocycles. The first kappa shape index (κ1) is 26.0.